The van der Waals surface area contributed by atoms with Gasteiger partial charge in [-0.2, -0.15) is 0 Å². The summed E-state index contributed by atoms with van der Waals surface area (Å²) in [5, 5.41) is 0. The average Bonchev–Trinajstić information content (AvgIpc) is 1.82. The molecular formula is C7H16NO4P. The number of phosphoric ester groups is 1. The number of hydrogen-bond acceptors (Lipinski definition) is 3. The van der Waals surface area contributed by atoms with Gasteiger partial charge in [0.1, 0.15) is 13.2 Å². The highest BCUT2D eigenvalue weighted by Gasteiger charge is 2.13. The zero-order chi connectivity index (χ0) is 10.5. The number of phosphoric acid groups is 1. The molecule has 0 aliphatic carbocycles. The first-order valence-corrected chi connectivity index (χ1v) is 5.38. The second-order valence-electron chi connectivity index (χ2n) is 3.43. The summed E-state index contributed by atoms with van der Waals surface area (Å²) in [4.78, 5) is 18.5. The summed E-state index contributed by atoms with van der Waals surface area (Å²) in [6.45, 7) is 4.78. The third-order valence-electron chi connectivity index (χ3n) is 1.57. The lowest BCUT2D eigenvalue weighted by Crippen LogP contribution is -2.42. The molecule has 13 heavy (non-hydrogen) atoms. The van der Waals surface area contributed by atoms with Crippen molar-refractivity contribution >= 4 is 7.82 Å². The van der Waals surface area contributed by atoms with Crippen molar-refractivity contribution in [3.8, 4) is 0 Å². The molecule has 0 heterocycles. The van der Waals surface area contributed by atoms with Crippen LogP contribution in [-0.2, 0) is 9.09 Å². The Labute approximate surface area is 78.5 Å². The summed E-state index contributed by atoms with van der Waals surface area (Å²) in [6.07, 6.45) is 1.75. The first-order valence-electron chi connectivity index (χ1n) is 3.88. The lowest BCUT2D eigenvalue weighted by Gasteiger charge is -2.28. The van der Waals surface area contributed by atoms with E-state index in [-0.39, 0.29) is 6.61 Å². The largest absolute Gasteiger partial charge is 0.756 e. The molecule has 6 heteroatoms. The fraction of sp³-hybridized carbons (Fsp3) is 0.714. The second-order valence-corrected chi connectivity index (χ2v) is 4.63. The van der Waals surface area contributed by atoms with Gasteiger partial charge >= 0.3 is 0 Å². The Hall–Kier alpha value is -0.190. The highest BCUT2D eigenvalue weighted by molar-refractivity contribution is 7.44. The number of nitrogens with zero attached hydrogens (tertiary/aromatic N) is 1. The van der Waals surface area contributed by atoms with Crippen LogP contribution in [0.5, 0.6) is 0 Å². The molecule has 5 nitrogen and oxygen atoms in total. The van der Waals surface area contributed by atoms with Crippen molar-refractivity contribution in [2.45, 2.75) is 0 Å². The lowest BCUT2D eigenvalue weighted by atomic mass is 10.4. The predicted molar refractivity (Wildman–Crippen MR) is 47.8 cm³/mol. The minimum Gasteiger partial charge on any atom is -0.756 e. The first-order chi connectivity index (χ1) is 5.77. The number of likely N-dealkylation sites (N-methyl/N-ethyl adjacent to an activating group) is 1. The van der Waals surface area contributed by atoms with Crippen molar-refractivity contribution in [1.29, 1.82) is 0 Å². The van der Waals surface area contributed by atoms with E-state index in [4.69, 9.17) is 4.89 Å². The minimum atomic E-state index is -4.56. The Morgan fingerprint density at radius 2 is 2.23 bits per heavy atom. The van der Waals surface area contributed by atoms with Gasteiger partial charge in [-0.1, -0.05) is 6.58 Å². The Balaban J connectivity index is 3.75. The third-order valence-corrected chi connectivity index (χ3v) is 2.08. The molecule has 0 fully saturated rings. The summed E-state index contributed by atoms with van der Waals surface area (Å²) >= 11 is 0. The standard InChI is InChI=1S/C7H16NO4P/c1-4-5-8(2,3)6-7-12-13(9,10)11/h4H,1,5-7H2,2-3H3,(H-,9,10,11). The molecule has 0 amide bonds. The van der Waals surface area contributed by atoms with Gasteiger partial charge in [-0.3, -0.25) is 4.57 Å². The van der Waals surface area contributed by atoms with Crippen molar-refractivity contribution < 1.29 is 23.4 Å². The van der Waals surface area contributed by atoms with E-state index in [1.807, 2.05) is 14.1 Å². The maximum absolute atomic E-state index is 10.2. The quantitative estimate of drug-likeness (QED) is 0.371. The second kappa shape index (κ2) is 4.88. The SMILES string of the molecule is C=CC[N+](C)(C)CCOP(=O)([O-])O. The Kier molecular flexibility index (Phi) is 4.81. The van der Waals surface area contributed by atoms with Crippen LogP contribution < -0.4 is 4.89 Å². The van der Waals surface area contributed by atoms with Crippen LogP contribution in [0.15, 0.2) is 12.7 Å². The van der Waals surface area contributed by atoms with Crippen LogP contribution in [0.25, 0.3) is 0 Å². The fourth-order valence-corrected chi connectivity index (χ4v) is 1.16. The molecule has 0 spiro atoms. The summed E-state index contributed by atoms with van der Waals surface area (Å²) < 4.78 is 15.0. The number of rotatable bonds is 6. The van der Waals surface area contributed by atoms with E-state index in [0.29, 0.717) is 11.0 Å². The van der Waals surface area contributed by atoms with E-state index in [1.165, 1.54) is 0 Å². The van der Waals surface area contributed by atoms with Crippen LogP contribution in [0.4, 0.5) is 0 Å². The Morgan fingerprint density at radius 3 is 2.62 bits per heavy atom. The van der Waals surface area contributed by atoms with Crippen molar-refractivity contribution in [3.63, 3.8) is 0 Å². The predicted octanol–water partition coefficient (Wildman–Crippen LogP) is -0.274. The number of quaternary nitrogens is 1. The van der Waals surface area contributed by atoms with E-state index >= 15 is 0 Å². The molecule has 78 valence electrons. The number of hydrogen-bond donors (Lipinski definition) is 1. The zero-order valence-electron chi connectivity index (χ0n) is 7.97. The molecule has 0 saturated carbocycles. The van der Waals surface area contributed by atoms with E-state index in [1.54, 1.807) is 6.08 Å². The monoisotopic (exact) mass is 209 g/mol. The summed E-state index contributed by atoms with van der Waals surface area (Å²) in [7, 11) is -0.727. The maximum Gasteiger partial charge on any atom is 0.265 e. The molecule has 0 aromatic carbocycles. The topological polar surface area (TPSA) is 69.6 Å². The van der Waals surface area contributed by atoms with Gasteiger partial charge in [0.25, 0.3) is 7.82 Å². The first kappa shape index (κ1) is 12.8. The Bertz CT molecular complexity index is 211. The van der Waals surface area contributed by atoms with Crippen molar-refractivity contribution in [1.82, 2.24) is 0 Å². The van der Waals surface area contributed by atoms with Crippen LogP contribution in [0.1, 0.15) is 0 Å². The smallest absolute Gasteiger partial charge is 0.265 e. The molecular weight excluding hydrogens is 193 g/mol. The summed E-state index contributed by atoms with van der Waals surface area (Å²) in [5.41, 5.74) is 0. The van der Waals surface area contributed by atoms with E-state index in [9.17, 15) is 9.46 Å². The van der Waals surface area contributed by atoms with Crippen LogP contribution >= 0.6 is 7.82 Å². The molecule has 0 aliphatic heterocycles. The lowest BCUT2D eigenvalue weighted by molar-refractivity contribution is -0.884. The zero-order valence-corrected chi connectivity index (χ0v) is 8.87. The van der Waals surface area contributed by atoms with Gasteiger partial charge in [-0.05, 0) is 6.08 Å². The average molecular weight is 209 g/mol. The van der Waals surface area contributed by atoms with Crippen LogP contribution in [0.3, 0.4) is 0 Å². The van der Waals surface area contributed by atoms with Gasteiger partial charge in [0.15, 0.2) is 0 Å². The highest BCUT2D eigenvalue weighted by atomic mass is 31.2. The summed E-state index contributed by atoms with van der Waals surface area (Å²) in [6, 6.07) is 0. The summed E-state index contributed by atoms with van der Waals surface area (Å²) in [5.74, 6) is 0. The van der Waals surface area contributed by atoms with Crippen molar-refractivity contribution in [2.24, 2.45) is 0 Å². The van der Waals surface area contributed by atoms with Gasteiger partial charge in [0.05, 0.1) is 20.6 Å². The van der Waals surface area contributed by atoms with Gasteiger partial charge in [-0.15, -0.1) is 0 Å². The van der Waals surface area contributed by atoms with Crippen molar-refractivity contribution in [3.05, 3.63) is 12.7 Å². The van der Waals surface area contributed by atoms with Crippen LogP contribution in [0, 0.1) is 0 Å². The van der Waals surface area contributed by atoms with E-state index in [2.05, 4.69) is 11.1 Å². The molecule has 0 aliphatic rings. The van der Waals surface area contributed by atoms with Crippen molar-refractivity contribution in [2.75, 3.05) is 33.8 Å². The van der Waals surface area contributed by atoms with E-state index in [0.717, 1.165) is 6.54 Å². The molecule has 1 unspecified atom stereocenters. The van der Waals surface area contributed by atoms with Crippen LogP contribution in [0.2, 0.25) is 0 Å². The third kappa shape index (κ3) is 8.15. The minimum absolute atomic E-state index is 0.0158. The van der Waals surface area contributed by atoms with Crippen LogP contribution in [-0.4, -0.2) is 43.2 Å². The molecule has 0 aromatic rings. The van der Waals surface area contributed by atoms with Gasteiger partial charge in [0.2, 0.25) is 0 Å². The molecule has 0 radical (unpaired) electrons. The maximum atomic E-state index is 10.2. The molecule has 0 saturated heterocycles. The normalized spacial score (nSPS) is 16.6. The molecule has 1 N–H and O–H groups in total. The van der Waals surface area contributed by atoms with E-state index < -0.39 is 7.82 Å². The molecule has 1 atom stereocenters. The molecule has 0 bridgehead atoms. The highest BCUT2D eigenvalue weighted by Crippen LogP contribution is 2.29. The Morgan fingerprint density at radius 1 is 1.69 bits per heavy atom. The molecule has 0 aromatic heterocycles. The molecule has 0 rings (SSSR count). The fourth-order valence-electron chi connectivity index (χ4n) is 0.844. The van der Waals surface area contributed by atoms with Gasteiger partial charge < -0.3 is 18.8 Å². The van der Waals surface area contributed by atoms with Gasteiger partial charge in [-0.25, -0.2) is 0 Å². The van der Waals surface area contributed by atoms with Gasteiger partial charge in [0, 0.05) is 0 Å².